The molecule has 0 radical (unpaired) electrons. The van der Waals surface area contributed by atoms with E-state index in [0.29, 0.717) is 10.9 Å². The maximum Gasteiger partial charge on any atom is 0.236 e. The Morgan fingerprint density at radius 1 is 1.41 bits per heavy atom. The molecule has 0 bridgehead atoms. The molecule has 1 aliphatic heterocycles. The molecule has 1 amide bonds. The maximum atomic E-state index is 11.0. The average Bonchev–Trinajstić information content (AvgIpc) is 2.92. The summed E-state index contributed by atoms with van der Waals surface area (Å²) in [6, 6.07) is 5.94. The molecule has 1 saturated heterocycles. The van der Waals surface area contributed by atoms with E-state index in [2.05, 4.69) is 22.4 Å². The first-order valence-corrected chi connectivity index (χ1v) is 8.44. The van der Waals surface area contributed by atoms with Crippen LogP contribution in [0.1, 0.15) is 37.3 Å². The molecule has 1 N–H and O–H groups in total. The van der Waals surface area contributed by atoms with E-state index in [4.69, 9.17) is 4.74 Å². The van der Waals surface area contributed by atoms with Crippen LogP contribution in [-0.2, 0) is 4.79 Å². The third-order valence-electron chi connectivity index (χ3n) is 3.16. The Hall–Kier alpha value is -1.82. The van der Waals surface area contributed by atoms with Crippen molar-refractivity contribution in [3.8, 4) is 5.75 Å². The van der Waals surface area contributed by atoms with Gasteiger partial charge in [0.1, 0.15) is 5.75 Å². The first kappa shape index (κ1) is 16.5. The van der Waals surface area contributed by atoms with Crippen LogP contribution in [0.15, 0.2) is 28.4 Å². The normalized spacial score (nSPS) is 16.5. The lowest BCUT2D eigenvalue weighted by molar-refractivity contribution is -0.116. The van der Waals surface area contributed by atoms with E-state index in [1.165, 1.54) is 24.6 Å². The van der Waals surface area contributed by atoms with Crippen molar-refractivity contribution in [1.82, 2.24) is 5.32 Å². The minimum absolute atomic E-state index is 0.0305. The van der Waals surface area contributed by atoms with Crippen molar-refractivity contribution in [2.45, 2.75) is 33.1 Å². The highest BCUT2D eigenvalue weighted by molar-refractivity contribution is 8.15. The van der Waals surface area contributed by atoms with Gasteiger partial charge in [-0.25, -0.2) is 0 Å². The van der Waals surface area contributed by atoms with Crippen LogP contribution >= 0.6 is 11.8 Å². The number of aryl methyl sites for hydroxylation is 1. The fraction of sp³-hybridized carbons (Fsp3) is 0.438. The zero-order valence-electron chi connectivity index (χ0n) is 13.0. The Morgan fingerprint density at radius 2 is 2.27 bits per heavy atom. The Labute approximate surface area is 135 Å². The van der Waals surface area contributed by atoms with Crippen LogP contribution in [0.2, 0.25) is 0 Å². The van der Waals surface area contributed by atoms with E-state index in [0.717, 1.165) is 29.9 Å². The first-order valence-electron chi connectivity index (χ1n) is 7.46. The highest BCUT2D eigenvalue weighted by Crippen LogP contribution is 2.19. The van der Waals surface area contributed by atoms with E-state index in [9.17, 15) is 4.79 Å². The number of thioether (sulfide) groups is 1. The number of unbranched alkanes of at least 4 members (excludes halogenated alkanes) is 2. The molecule has 0 unspecified atom stereocenters. The van der Waals surface area contributed by atoms with E-state index < -0.39 is 0 Å². The zero-order valence-corrected chi connectivity index (χ0v) is 13.8. The van der Waals surface area contributed by atoms with Crippen LogP contribution in [-0.4, -0.2) is 29.6 Å². The number of hydrogen-bond acceptors (Lipinski definition) is 5. The highest BCUT2D eigenvalue weighted by atomic mass is 32.2. The third kappa shape index (κ3) is 5.18. The summed E-state index contributed by atoms with van der Waals surface area (Å²) >= 11 is 1.36. The first-order chi connectivity index (χ1) is 10.7. The monoisotopic (exact) mass is 319 g/mol. The summed E-state index contributed by atoms with van der Waals surface area (Å²) in [5, 5.41) is 11.2. The molecule has 0 atom stereocenters. The summed E-state index contributed by atoms with van der Waals surface area (Å²) in [6.45, 7) is 4.94. The van der Waals surface area contributed by atoms with Gasteiger partial charge in [0.2, 0.25) is 5.91 Å². The average molecular weight is 319 g/mol. The Balaban J connectivity index is 1.95. The quantitative estimate of drug-likeness (QED) is 0.477. The molecule has 1 aromatic rings. The summed E-state index contributed by atoms with van der Waals surface area (Å²) in [7, 11) is 0. The number of carbonyl (C=O) groups excluding carboxylic acids is 1. The van der Waals surface area contributed by atoms with Gasteiger partial charge in [0.25, 0.3) is 0 Å². The SMILES string of the molecule is CCCCCOc1cc(C=NN=C2NC(=O)CS2)ccc1C. The van der Waals surface area contributed by atoms with Crippen molar-refractivity contribution in [3.05, 3.63) is 29.3 Å². The van der Waals surface area contributed by atoms with Crippen molar-refractivity contribution in [2.75, 3.05) is 12.4 Å². The molecular formula is C16H21N3O2S. The summed E-state index contributed by atoms with van der Waals surface area (Å²) in [5.74, 6) is 1.27. The van der Waals surface area contributed by atoms with E-state index in [1.807, 2.05) is 25.1 Å². The second kappa shape index (κ2) is 8.58. The van der Waals surface area contributed by atoms with Gasteiger partial charge in [0.15, 0.2) is 5.17 Å². The number of amidine groups is 1. The maximum absolute atomic E-state index is 11.0. The van der Waals surface area contributed by atoms with Crippen molar-refractivity contribution in [2.24, 2.45) is 10.2 Å². The summed E-state index contributed by atoms with van der Waals surface area (Å²) in [5.41, 5.74) is 2.04. The molecule has 1 aliphatic rings. The number of amides is 1. The topological polar surface area (TPSA) is 63.1 Å². The molecular weight excluding hydrogens is 298 g/mol. The minimum atomic E-state index is -0.0305. The zero-order chi connectivity index (χ0) is 15.8. The van der Waals surface area contributed by atoms with Gasteiger partial charge >= 0.3 is 0 Å². The van der Waals surface area contributed by atoms with Crippen LogP contribution in [0, 0.1) is 6.92 Å². The van der Waals surface area contributed by atoms with Gasteiger partial charge in [-0.3, -0.25) is 4.79 Å². The second-order valence-corrected chi connectivity index (χ2v) is 6.03. The van der Waals surface area contributed by atoms with Crippen molar-refractivity contribution in [3.63, 3.8) is 0 Å². The lowest BCUT2D eigenvalue weighted by Crippen LogP contribution is -2.19. The lowest BCUT2D eigenvalue weighted by atomic mass is 10.1. The molecule has 0 aliphatic carbocycles. The molecule has 0 spiro atoms. The van der Waals surface area contributed by atoms with Gasteiger partial charge in [-0.05, 0) is 30.5 Å². The summed E-state index contributed by atoms with van der Waals surface area (Å²) < 4.78 is 5.81. The number of rotatable bonds is 7. The van der Waals surface area contributed by atoms with Crippen LogP contribution < -0.4 is 10.1 Å². The molecule has 1 aromatic carbocycles. The molecule has 1 fully saturated rings. The molecule has 1 heterocycles. The lowest BCUT2D eigenvalue weighted by Gasteiger charge is -2.09. The van der Waals surface area contributed by atoms with Crippen molar-refractivity contribution in [1.29, 1.82) is 0 Å². The minimum Gasteiger partial charge on any atom is -0.493 e. The van der Waals surface area contributed by atoms with Gasteiger partial charge in [0.05, 0.1) is 18.6 Å². The van der Waals surface area contributed by atoms with Crippen LogP contribution in [0.5, 0.6) is 5.75 Å². The van der Waals surface area contributed by atoms with Gasteiger partial charge in [-0.2, -0.15) is 5.10 Å². The third-order valence-corrected chi connectivity index (χ3v) is 4.02. The predicted octanol–water partition coefficient (Wildman–Crippen LogP) is 3.12. The number of hydrogen-bond donors (Lipinski definition) is 1. The number of ether oxygens (including phenoxy) is 1. The number of carbonyl (C=O) groups is 1. The van der Waals surface area contributed by atoms with Crippen molar-refractivity contribution < 1.29 is 9.53 Å². The van der Waals surface area contributed by atoms with E-state index in [-0.39, 0.29) is 5.91 Å². The molecule has 22 heavy (non-hydrogen) atoms. The molecule has 0 aromatic heterocycles. The molecule has 0 saturated carbocycles. The largest absolute Gasteiger partial charge is 0.493 e. The second-order valence-electron chi connectivity index (χ2n) is 5.07. The van der Waals surface area contributed by atoms with Gasteiger partial charge in [-0.1, -0.05) is 43.7 Å². The number of nitrogens with one attached hydrogen (secondary N) is 1. The standard InChI is InChI=1S/C16H21N3O2S/c1-3-4-5-8-21-14-9-13(7-6-12(14)2)10-17-19-16-18-15(20)11-22-16/h6-7,9-10H,3-5,8,11H2,1-2H3,(H,18,19,20). The fourth-order valence-electron chi connectivity index (χ4n) is 1.91. The fourth-order valence-corrected chi connectivity index (χ4v) is 2.54. The Bertz CT molecular complexity index is 585. The number of nitrogens with zero attached hydrogens (tertiary/aromatic N) is 2. The highest BCUT2D eigenvalue weighted by Gasteiger charge is 2.15. The van der Waals surface area contributed by atoms with Crippen LogP contribution in [0.25, 0.3) is 0 Å². The van der Waals surface area contributed by atoms with Crippen LogP contribution in [0.3, 0.4) is 0 Å². The smallest absolute Gasteiger partial charge is 0.236 e. The predicted molar refractivity (Wildman–Crippen MR) is 91.8 cm³/mol. The van der Waals surface area contributed by atoms with Crippen LogP contribution in [0.4, 0.5) is 0 Å². The van der Waals surface area contributed by atoms with Gasteiger partial charge in [0, 0.05) is 0 Å². The van der Waals surface area contributed by atoms with Gasteiger partial charge < -0.3 is 10.1 Å². The summed E-state index contributed by atoms with van der Waals surface area (Å²) in [6.07, 6.45) is 5.10. The number of benzene rings is 1. The van der Waals surface area contributed by atoms with Crippen molar-refractivity contribution >= 4 is 29.1 Å². The van der Waals surface area contributed by atoms with Gasteiger partial charge in [-0.15, -0.1) is 5.10 Å². The molecule has 118 valence electrons. The molecule has 6 heteroatoms. The molecule has 5 nitrogen and oxygen atoms in total. The summed E-state index contributed by atoms with van der Waals surface area (Å²) in [4.78, 5) is 11.0. The van der Waals surface area contributed by atoms with E-state index >= 15 is 0 Å². The molecule has 2 rings (SSSR count). The Kier molecular flexibility index (Phi) is 6.45. The Morgan fingerprint density at radius 3 is 3.00 bits per heavy atom. The van der Waals surface area contributed by atoms with E-state index in [1.54, 1.807) is 6.21 Å².